The number of amides is 1. The highest BCUT2D eigenvalue weighted by atomic mass is 16.3. The molecular weight excluding hydrogens is 242 g/mol. The molecule has 0 aliphatic heterocycles. The first kappa shape index (κ1) is 13.1. The lowest BCUT2D eigenvalue weighted by molar-refractivity contribution is 0.102. The van der Waals surface area contributed by atoms with Crippen LogP contribution >= 0.6 is 0 Å². The van der Waals surface area contributed by atoms with Gasteiger partial charge in [-0.05, 0) is 44.5 Å². The molecule has 2 rings (SSSR count). The number of nitrogens with zero attached hydrogens (tertiary/aromatic N) is 2. The summed E-state index contributed by atoms with van der Waals surface area (Å²) in [5, 5.41) is 16.4. The van der Waals surface area contributed by atoms with Crippen molar-refractivity contribution in [2.24, 2.45) is 0 Å². The van der Waals surface area contributed by atoms with Crippen LogP contribution in [0.15, 0.2) is 30.5 Å². The van der Waals surface area contributed by atoms with Crippen molar-refractivity contribution in [3.05, 3.63) is 41.6 Å². The molecule has 2 N–H and O–H groups in total. The second kappa shape index (κ2) is 5.14. The Bertz CT molecular complexity index is 602. The number of aromatic nitrogens is 2. The minimum absolute atomic E-state index is 0.173. The van der Waals surface area contributed by atoms with E-state index in [2.05, 4.69) is 10.4 Å². The normalized spacial score (nSPS) is 10.7. The minimum Gasteiger partial charge on any atom is -0.508 e. The molecule has 0 aliphatic rings. The van der Waals surface area contributed by atoms with Gasteiger partial charge < -0.3 is 10.4 Å². The largest absolute Gasteiger partial charge is 0.508 e. The summed E-state index contributed by atoms with van der Waals surface area (Å²) in [6.07, 6.45) is 1.65. The Morgan fingerprint density at radius 1 is 1.37 bits per heavy atom. The van der Waals surface area contributed by atoms with E-state index < -0.39 is 0 Å². The van der Waals surface area contributed by atoms with Crippen LogP contribution in [0.4, 0.5) is 5.82 Å². The van der Waals surface area contributed by atoms with E-state index in [0.29, 0.717) is 16.9 Å². The van der Waals surface area contributed by atoms with Crippen molar-refractivity contribution in [1.29, 1.82) is 0 Å². The summed E-state index contributed by atoms with van der Waals surface area (Å²) in [6.45, 7) is 5.74. The quantitative estimate of drug-likeness (QED) is 0.890. The van der Waals surface area contributed by atoms with Crippen LogP contribution in [-0.2, 0) is 0 Å². The predicted molar refractivity (Wildman–Crippen MR) is 73.4 cm³/mol. The van der Waals surface area contributed by atoms with E-state index in [1.165, 1.54) is 6.07 Å². The third-order valence-corrected chi connectivity index (χ3v) is 2.86. The van der Waals surface area contributed by atoms with Gasteiger partial charge in [0, 0.05) is 17.7 Å². The maximum Gasteiger partial charge on any atom is 0.256 e. The van der Waals surface area contributed by atoms with Crippen LogP contribution in [0.3, 0.4) is 0 Å². The molecule has 0 atom stereocenters. The molecule has 0 unspecified atom stereocenters. The molecule has 0 fully saturated rings. The van der Waals surface area contributed by atoms with Gasteiger partial charge in [0.2, 0.25) is 0 Å². The highest BCUT2D eigenvalue weighted by molar-refractivity contribution is 6.04. The third kappa shape index (κ3) is 2.76. The molecule has 0 bridgehead atoms. The van der Waals surface area contributed by atoms with Crippen LogP contribution in [-0.4, -0.2) is 20.8 Å². The zero-order chi connectivity index (χ0) is 14.0. The van der Waals surface area contributed by atoms with Gasteiger partial charge in [-0.3, -0.25) is 4.79 Å². The van der Waals surface area contributed by atoms with E-state index in [0.717, 1.165) is 0 Å². The number of rotatable bonds is 3. The molecule has 1 aromatic carbocycles. The van der Waals surface area contributed by atoms with E-state index in [1.54, 1.807) is 36.0 Å². The summed E-state index contributed by atoms with van der Waals surface area (Å²) < 4.78 is 1.74. The molecule has 100 valence electrons. The predicted octanol–water partition coefficient (Wildman–Crippen LogP) is 2.73. The highest BCUT2D eigenvalue weighted by Crippen LogP contribution is 2.19. The van der Waals surface area contributed by atoms with Crippen LogP contribution in [0, 0.1) is 6.92 Å². The Labute approximate surface area is 111 Å². The van der Waals surface area contributed by atoms with Crippen LogP contribution in [0.2, 0.25) is 0 Å². The maximum atomic E-state index is 12.1. The van der Waals surface area contributed by atoms with Gasteiger partial charge in [0.15, 0.2) is 0 Å². The zero-order valence-electron chi connectivity index (χ0n) is 11.2. The Morgan fingerprint density at radius 2 is 2.11 bits per heavy atom. The van der Waals surface area contributed by atoms with Gasteiger partial charge in [0.1, 0.15) is 11.6 Å². The van der Waals surface area contributed by atoms with E-state index >= 15 is 0 Å². The van der Waals surface area contributed by atoms with E-state index in [9.17, 15) is 9.90 Å². The second-order valence-corrected chi connectivity index (χ2v) is 4.71. The molecule has 0 spiro atoms. The number of carbonyl (C=O) groups excluding carboxylic acids is 1. The molecule has 2 aromatic rings. The summed E-state index contributed by atoms with van der Waals surface area (Å²) in [6, 6.07) is 6.69. The Kier molecular flexibility index (Phi) is 3.55. The first-order chi connectivity index (χ1) is 8.99. The SMILES string of the molecule is Cc1cc(C(=O)Nc2ccnn2C(C)C)ccc1O. The fraction of sp³-hybridized carbons (Fsp3) is 0.286. The van der Waals surface area contributed by atoms with Crippen molar-refractivity contribution in [1.82, 2.24) is 9.78 Å². The van der Waals surface area contributed by atoms with Gasteiger partial charge >= 0.3 is 0 Å². The van der Waals surface area contributed by atoms with Crippen LogP contribution in [0.1, 0.15) is 35.8 Å². The zero-order valence-corrected chi connectivity index (χ0v) is 11.2. The molecule has 0 saturated carbocycles. The molecule has 19 heavy (non-hydrogen) atoms. The van der Waals surface area contributed by atoms with Crippen molar-refractivity contribution in [2.75, 3.05) is 5.32 Å². The summed E-state index contributed by atoms with van der Waals surface area (Å²) >= 11 is 0. The summed E-state index contributed by atoms with van der Waals surface area (Å²) in [5.74, 6) is 0.625. The standard InChI is InChI=1S/C14H17N3O2/c1-9(2)17-13(6-7-15-17)16-14(19)11-4-5-12(18)10(3)8-11/h4-9,18H,1-3H3,(H,16,19). The monoisotopic (exact) mass is 259 g/mol. The number of hydrogen-bond donors (Lipinski definition) is 2. The third-order valence-electron chi connectivity index (χ3n) is 2.86. The minimum atomic E-state index is -0.217. The van der Waals surface area contributed by atoms with Gasteiger partial charge in [-0.2, -0.15) is 5.10 Å². The fourth-order valence-corrected chi connectivity index (χ4v) is 1.81. The Balaban J connectivity index is 2.21. The Hall–Kier alpha value is -2.30. The summed E-state index contributed by atoms with van der Waals surface area (Å²) in [4.78, 5) is 12.1. The van der Waals surface area contributed by atoms with Gasteiger partial charge in [-0.25, -0.2) is 4.68 Å². The molecule has 0 radical (unpaired) electrons. The maximum absolute atomic E-state index is 12.1. The van der Waals surface area contributed by atoms with Crippen molar-refractivity contribution in [3.8, 4) is 5.75 Å². The van der Waals surface area contributed by atoms with Crippen molar-refractivity contribution in [2.45, 2.75) is 26.8 Å². The van der Waals surface area contributed by atoms with Gasteiger partial charge in [-0.1, -0.05) is 0 Å². The fourth-order valence-electron chi connectivity index (χ4n) is 1.81. The average Bonchev–Trinajstić information content (AvgIpc) is 2.80. The molecule has 0 saturated heterocycles. The van der Waals surface area contributed by atoms with Crippen LogP contribution in [0.25, 0.3) is 0 Å². The summed E-state index contributed by atoms with van der Waals surface area (Å²) in [5.41, 5.74) is 1.18. The van der Waals surface area contributed by atoms with Crippen molar-refractivity contribution >= 4 is 11.7 Å². The lowest BCUT2D eigenvalue weighted by atomic mass is 10.1. The number of carbonyl (C=O) groups is 1. The lowest BCUT2D eigenvalue weighted by Gasteiger charge is -2.12. The van der Waals surface area contributed by atoms with E-state index in [4.69, 9.17) is 0 Å². The lowest BCUT2D eigenvalue weighted by Crippen LogP contribution is -2.16. The first-order valence-corrected chi connectivity index (χ1v) is 6.13. The highest BCUT2D eigenvalue weighted by Gasteiger charge is 2.12. The van der Waals surface area contributed by atoms with Gasteiger partial charge in [0.25, 0.3) is 5.91 Å². The average molecular weight is 259 g/mol. The molecule has 0 aliphatic carbocycles. The molecule has 1 aromatic heterocycles. The number of hydrogen-bond acceptors (Lipinski definition) is 3. The number of aryl methyl sites for hydroxylation is 1. The number of anilines is 1. The van der Waals surface area contributed by atoms with E-state index in [1.807, 2.05) is 13.8 Å². The van der Waals surface area contributed by atoms with Crippen molar-refractivity contribution < 1.29 is 9.90 Å². The first-order valence-electron chi connectivity index (χ1n) is 6.13. The van der Waals surface area contributed by atoms with Crippen LogP contribution in [0.5, 0.6) is 5.75 Å². The smallest absolute Gasteiger partial charge is 0.256 e. The number of nitrogens with one attached hydrogen (secondary N) is 1. The molecular formula is C14H17N3O2. The molecule has 5 nitrogen and oxygen atoms in total. The number of phenolic OH excluding ortho intramolecular Hbond substituents is 1. The molecule has 1 amide bonds. The van der Waals surface area contributed by atoms with Crippen molar-refractivity contribution in [3.63, 3.8) is 0 Å². The topological polar surface area (TPSA) is 67.2 Å². The van der Waals surface area contributed by atoms with Gasteiger partial charge in [0.05, 0.1) is 6.20 Å². The van der Waals surface area contributed by atoms with E-state index in [-0.39, 0.29) is 17.7 Å². The number of aromatic hydroxyl groups is 1. The number of phenols is 1. The second-order valence-electron chi connectivity index (χ2n) is 4.71. The van der Waals surface area contributed by atoms with Crippen LogP contribution < -0.4 is 5.32 Å². The number of benzene rings is 1. The van der Waals surface area contributed by atoms with Gasteiger partial charge in [-0.15, -0.1) is 0 Å². The molecule has 5 heteroatoms. The Morgan fingerprint density at radius 3 is 2.74 bits per heavy atom. The summed E-state index contributed by atoms with van der Waals surface area (Å²) in [7, 11) is 0. The molecule has 1 heterocycles.